The molecule has 110 valence electrons. The highest BCUT2D eigenvalue weighted by atomic mass is 16.2. The lowest BCUT2D eigenvalue weighted by atomic mass is 10.2. The van der Waals surface area contributed by atoms with Gasteiger partial charge in [-0.05, 0) is 24.7 Å². The first-order chi connectivity index (χ1) is 9.54. The fraction of sp³-hybridized carbons (Fsp3) is 0.643. The van der Waals surface area contributed by atoms with Gasteiger partial charge in [0.15, 0.2) is 0 Å². The Hall–Kier alpha value is -1.85. The van der Waals surface area contributed by atoms with Crippen LogP contribution in [0.25, 0.3) is 0 Å². The van der Waals surface area contributed by atoms with Gasteiger partial charge in [0.2, 0.25) is 5.91 Å². The number of rotatable bonds is 7. The SMILES string of the molecule is CC(C)CNC(=O)Cn1ncc(NCC2CC2)cc1=O. The minimum Gasteiger partial charge on any atom is -0.383 e. The molecule has 0 aliphatic heterocycles. The largest absolute Gasteiger partial charge is 0.383 e. The van der Waals surface area contributed by atoms with E-state index in [1.54, 1.807) is 6.20 Å². The molecule has 0 radical (unpaired) electrons. The second-order valence-corrected chi connectivity index (χ2v) is 5.76. The number of hydrogen-bond acceptors (Lipinski definition) is 4. The van der Waals surface area contributed by atoms with E-state index in [9.17, 15) is 9.59 Å². The van der Waals surface area contributed by atoms with E-state index in [1.165, 1.54) is 23.6 Å². The summed E-state index contributed by atoms with van der Waals surface area (Å²) in [6.45, 7) is 5.50. The van der Waals surface area contributed by atoms with Gasteiger partial charge in [0.1, 0.15) is 6.54 Å². The minimum absolute atomic E-state index is 0.0333. The summed E-state index contributed by atoms with van der Waals surface area (Å²) in [5.74, 6) is 0.934. The zero-order chi connectivity index (χ0) is 14.5. The molecule has 1 aliphatic rings. The number of aromatic nitrogens is 2. The van der Waals surface area contributed by atoms with Crippen LogP contribution in [0.15, 0.2) is 17.1 Å². The molecular formula is C14H22N4O2. The number of hydrogen-bond donors (Lipinski definition) is 2. The van der Waals surface area contributed by atoms with Crippen molar-refractivity contribution in [2.24, 2.45) is 11.8 Å². The molecule has 0 spiro atoms. The number of nitrogens with zero attached hydrogens (tertiary/aromatic N) is 2. The predicted molar refractivity (Wildman–Crippen MR) is 77.6 cm³/mol. The summed E-state index contributed by atoms with van der Waals surface area (Å²) < 4.78 is 1.18. The fourth-order valence-electron chi connectivity index (χ4n) is 1.74. The van der Waals surface area contributed by atoms with Crippen LogP contribution in [-0.4, -0.2) is 28.8 Å². The summed E-state index contributed by atoms with van der Waals surface area (Å²) in [6, 6.07) is 1.49. The third kappa shape index (κ3) is 4.68. The number of carbonyl (C=O) groups is 1. The summed E-state index contributed by atoms with van der Waals surface area (Å²) in [7, 11) is 0. The van der Waals surface area contributed by atoms with Crippen molar-refractivity contribution in [2.45, 2.75) is 33.2 Å². The van der Waals surface area contributed by atoms with Gasteiger partial charge in [-0.15, -0.1) is 0 Å². The summed E-state index contributed by atoms with van der Waals surface area (Å²) >= 11 is 0. The molecule has 6 heteroatoms. The van der Waals surface area contributed by atoms with Gasteiger partial charge in [-0.2, -0.15) is 5.10 Å². The van der Waals surface area contributed by atoms with Crippen molar-refractivity contribution in [1.29, 1.82) is 0 Å². The number of anilines is 1. The summed E-state index contributed by atoms with van der Waals surface area (Å²) in [5, 5.41) is 9.98. The lowest BCUT2D eigenvalue weighted by Crippen LogP contribution is -2.35. The van der Waals surface area contributed by atoms with Crippen LogP contribution in [0.5, 0.6) is 0 Å². The Balaban J connectivity index is 1.87. The van der Waals surface area contributed by atoms with E-state index in [2.05, 4.69) is 15.7 Å². The van der Waals surface area contributed by atoms with Gasteiger partial charge in [-0.25, -0.2) is 4.68 Å². The Morgan fingerprint density at radius 3 is 2.85 bits per heavy atom. The maximum Gasteiger partial charge on any atom is 0.269 e. The van der Waals surface area contributed by atoms with Gasteiger partial charge >= 0.3 is 0 Å². The fourth-order valence-corrected chi connectivity index (χ4v) is 1.74. The highest BCUT2D eigenvalue weighted by molar-refractivity contribution is 5.75. The maximum absolute atomic E-state index is 11.9. The molecule has 1 aromatic heterocycles. The van der Waals surface area contributed by atoms with Crippen LogP contribution in [0.3, 0.4) is 0 Å². The van der Waals surface area contributed by atoms with E-state index in [-0.39, 0.29) is 18.0 Å². The van der Waals surface area contributed by atoms with Crippen molar-refractivity contribution in [1.82, 2.24) is 15.1 Å². The second kappa shape index (κ2) is 6.54. The predicted octanol–water partition coefficient (Wildman–Crippen LogP) is 0.837. The summed E-state index contributed by atoms with van der Waals surface area (Å²) in [5.41, 5.74) is 0.464. The normalized spacial score (nSPS) is 14.3. The number of nitrogens with one attached hydrogen (secondary N) is 2. The van der Waals surface area contributed by atoms with Crippen LogP contribution in [0.4, 0.5) is 5.69 Å². The third-order valence-corrected chi connectivity index (χ3v) is 3.16. The quantitative estimate of drug-likeness (QED) is 0.775. The smallest absolute Gasteiger partial charge is 0.269 e. The Labute approximate surface area is 118 Å². The van der Waals surface area contributed by atoms with Gasteiger partial charge < -0.3 is 10.6 Å². The van der Waals surface area contributed by atoms with E-state index in [0.29, 0.717) is 12.5 Å². The van der Waals surface area contributed by atoms with Gasteiger partial charge in [0.05, 0.1) is 11.9 Å². The molecule has 0 saturated heterocycles. The maximum atomic E-state index is 11.9. The first kappa shape index (κ1) is 14.6. The van der Waals surface area contributed by atoms with E-state index in [0.717, 1.165) is 18.2 Å². The van der Waals surface area contributed by atoms with E-state index in [4.69, 9.17) is 0 Å². The van der Waals surface area contributed by atoms with E-state index in [1.807, 2.05) is 13.8 Å². The van der Waals surface area contributed by atoms with Crippen LogP contribution in [-0.2, 0) is 11.3 Å². The first-order valence-corrected chi connectivity index (χ1v) is 7.12. The Morgan fingerprint density at radius 1 is 1.50 bits per heavy atom. The van der Waals surface area contributed by atoms with E-state index < -0.39 is 0 Å². The molecule has 20 heavy (non-hydrogen) atoms. The molecule has 2 rings (SSSR count). The average molecular weight is 278 g/mol. The minimum atomic E-state index is -0.259. The van der Waals surface area contributed by atoms with Crippen LogP contribution in [0.2, 0.25) is 0 Å². The molecule has 1 heterocycles. The van der Waals surface area contributed by atoms with Crippen LogP contribution >= 0.6 is 0 Å². The molecule has 1 saturated carbocycles. The van der Waals surface area contributed by atoms with Crippen LogP contribution in [0.1, 0.15) is 26.7 Å². The lowest BCUT2D eigenvalue weighted by molar-refractivity contribution is -0.122. The molecule has 1 fully saturated rings. The Bertz CT molecular complexity index is 520. The van der Waals surface area contributed by atoms with Crippen molar-refractivity contribution in [2.75, 3.05) is 18.4 Å². The Morgan fingerprint density at radius 2 is 2.25 bits per heavy atom. The monoisotopic (exact) mass is 278 g/mol. The van der Waals surface area contributed by atoms with Gasteiger partial charge in [0.25, 0.3) is 5.56 Å². The molecule has 1 amide bonds. The summed E-state index contributed by atoms with van der Waals surface area (Å²) in [6.07, 6.45) is 4.11. The van der Waals surface area contributed by atoms with Crippen molar-refractivity contribution in [3.63, 3.8) is 0 Å². The van der Waals surface area contributed by atoms with Crippen molar-refractivity contribution in [3.05, 3.63) is 22.6 Å². The topological polar surface area (TPSA) is 76.0 Å². The van der Waals surface area contributed by atoms with Gasteiger partial charge in [-0.3, -0.25) is 9.59 Å². The zero-order valence-electron chi connectivity index (χ0n) is 12.1. The van der Waals surface area contributed by atoms with Crippen molar-refractivity contribution >= 4 is 11.6 Å². The molecule has 1 aromatic rings. The highest BCUT2D eigenvalue weighted by Gasteiger charge is 2.20. The van der Waals surface area contributed by atoms with Gasteiger partial charge in [-0.1, -0.05) is 13.8 Å². The highest BCUT2D eigenvalue weighted by Crippen LogP contribution is 2.28. The molecule has 1 aliphatic carbocycles. The standard InChI is InChI=1S/C14H22N4O2/c1-10(2)6-16-13(19)9-18-14(20)5-12(8-17-18)15-7-11-3-4-11/h5,8,10-11,15H,3-4,6-7,9H2,1-2H3,(H,16,19). The molecule has 2 N–H and O–H groups in total. The summed E-state index contributed by atoms with van der Waals surface area (Å²) in [4.78, 5) is 23.5. The molecule has 0 unspecified atom stereocenters. The molecular weight excluding hydrogens is 256 g/mol. The van der Waals surface area contributed by atoms with Crippen molar-refractivity contribution < 1.29 is 4.79 Å². The van der Waals surface area contributed by atoms with Crippen molar-refractivity contribution in [3.8, 4) is 0 Å². The third-order valence-electron chi connectivity index (χ3n) is 3.16. The molecule has 6 nitrogen and oxygen atoms in total. The van der Waals surface area contributed by atoms with Crippen LogP contribution in [0, 0.1) is 11.8 Å². The van der Waals surface area contributed by atoms with Gasteiger partial charge in [0, 0.05) is 19.2 Å². The average Bonchev–Trinajstić information content (AvgIpc) is 3.21. The first-order valence-electron chi connectivity index (χ1n) is 7.12. The zero-order valence-corrected chi connectivity index (χ0v) is 12.1. The molecule has 0 bridgehead atoms. The number of amides is 1. The number of carbonyl (C=O) groups excluding carboxylic acids is 1. The second-order valence-electron chi connectivity index (χ2n) is 5.76. The molecule has 0 aromatic carbocycles. The van der Waals surface area contributed by atoms with E-state index >= 15 is 0 Å². The Kier molecular flexibility index (Phi) is 4.76. The lowest BCUT2D eigenvalue weighted by Gasteiger charge is -2.09. The molecule has 0 atom stereocenters. The van der Waals surface area contributed by atoms with Crippen LogP contribution < -0.4 is 16.2 Å².